The van der Waals surface area contributed by atoms with E-state index in [9.17, 15) is 13.2 Å². The zero-order valence-electron chi connectivity index (χ0n) is 18.7. The Labute approximate surface area is 206 Å². The molecule has 1 aliphatic heterocycles. The average molecular weight is 495 g/mol. The first-order chi connectivity index (χ1) is 17.5. The van der Waals surface area contributed by atoms with Gasteiger partial charge in [-0.1, -0.05) is 24.3 Å². The van der Waals surface area contributed by atoms with Gasteiger partial charge in [0.1, 0.15) is 4.90 Å². The number of hydrogen-bond acceptors (Lipinski definition) is 6. The number of aromatic nitrogens is 3. The molecule has 0 saturated carbocycles. The number of amides is 1. The highest BCUT2D eigenvalue weighted by molar-refractivity contribution is 7.90. The topological polar surface area (TPSA) is 118 Å². The summed E-state index contributed by atoms with van der Waals surface area (Å²) < 4.78 is 30.1. The molecule has 0 unspecified atom stereocenters. The zero-order chi connectivity index (χ0) is 24.7. The fourth-order valence-corrected chi connectivity index (χ4v) is 5.11. The lowest BCUT2D eigenvalue weighted by Gasteiger charge is -2.09. The smallest absolute Gasteiger partial charge is 0.285 e. The summed E-state index contributed by atoms with van der Waals surface area (Å²) in [6.07, 6.45) is 5.48. The van der Waals surface area contributed by atoms with Crippen LogP contribution in [0.1, 0.15) is 15.9 Å². The van der Waals surface area contributed by atoms with E-state index in [-0.39, 0.29) is 16.6 Å². The Hall–Kier alpha value is -4.83. The van der Waals surface area contributed by atoms with Crippen LogP contribution in [0.2, 0.25) is 0 Å². The molecule has 0 radical (unpaired) electrons. The molecule has 1 aliphatic rings. The quantitative estimate of drug-likeness (QED) is 0.387. The van der Waals surface area contributed by atoms with E-state index in [1.807, 2.05) is 47.1 Å². The number of amidine groups is 1. The van der Waals surface area contributed by atoms with E-state index in [1.165, 1.54) is 6.07 Å². The van der Waals surface area contributed by atoms with Crippen LogP contribution in [0.3, 0.4) is 0 Å². The lowest BCUT2D eigenvalue weighted by molar-refractivity contribution is 0.102. The number of nitrogens with one attached hydrogen (secondary N) is 2. The Bertz CT molecular complexity index is 1730. The van der Waals surface area contributed by atoms with Gasteiger partial charge < -0.3 is 10.6 Å². The molecule has 0 fully saturated rings. The standard InChI is InChI=1S/C26H18N6O3S/c33-25(29-20-10-6-17(7-11-20)22-16-32-15-3-14-27-26(32)30-22)18-8-12-19(13-9-18)28-24-21-4-1-2-5-23(21)36(34,35)31-24/h1-16H,(H,28,31)(H,29,33). The van der Waals surface area contributed by atoms with Crippen LogP contribution in [0.4, 0.5) is 11.4 Å². The molecule has 2 N–H and O–H groups in total. The SMILES string of the molecule is O=C(Nc1ccc(-c2cn3cccnc3n2)cc1)c1ccc(NC2=NS(=O)(=O)c3ccccc32)cc1. The molecule has 3 aromatic carbocycles. The predicted molar refractivity (Wildman–Crippen MR) is 137 cm³/mol. The molecule has 1 amide bonds. The minimum absolute atomic E-state index is 0.173. The summed E-state index contributed by atoms with van der Waals surface area (Å²) in [5.74, 6) is 0.607. The van der Waals surface area contributed by atoms with Gasteiger partial charge in [-0.05, 0) is 54.6 Å². The molecule has 9 nitrogen and oxygen atoms in total. The molecule has 10 heteroatoms. The highest BCUT2D eigenvalue weighted by Crippen LogP contribution is 2.27. The number of rotatable bonds is 4. The molecule has 6 rings (SSSR count). The minimum Gasteiger partial charge on any atom is -0.339 e. The number of carbonyl (C=O) groups excluding carboxylic acids is 1. The van der Waals surface area contributed by atoms with E-state index >= 15 is 0 Å². The molecule has 3 heterocycles. The summed E-state index contributed by atoms with van der Waals surface area (Å²) in [5, 5.41) is 5.91. The third-order valence-corrected chi connectivity index (χ3v) is 7.05. The second-order valence-electron chi connectivity index (χ2n) is 8.10. The van der Waals surface area contributed by atoms with Crippen LogP contribution in [0, 0.1) is 0 Å². The summed E-state index contributed by atoms with van der Waals surface area (Å²) in [6, 6.07) is 22.6. The second kappa shape index (κ2) is 8.43. The molecule has 0 spiro atoms. The van der Waals surface area contributed by atoms with Crippen molar-refractivity contribution in [2.24, 2.45) is 4.40 Å². The highest BCUT2D eigenvalue weighted by Gasteiger charge is 2.28. The van der Waals surface area contributed by atoms with Gasteiger partial charge in [0.25, 0.3) is 15.9 Å². The molecule has 0 saturated heterocycles. The first-order valence-corrected chi connectivity index (χ1v) is 12.4. The van der Waals surface area contributed by atoms with E-state index in [4.69, 9.17) is 0 Å². The van der Waals surface area contributed by atoms with Gasteiger partial charge in [0, 0.05) is 46.7 Å². The second-order valence-corrected chi connectivity index (χ2v) is 9.67. The maximum Gasteiger partial charge on any atom is 0.285 e. The molecule has 36 heavy (non-hydrogen) atoms. The van der Waals surface area contributed by atoms with Crippen LogP contribution in [-0.4, -0.2) is 34.5 Å². The van der Waals surface area contributed by atoms with Crippen molar-refractivity contribution in [3.05, 3.63) is 109 Å². The Balaban J connectivity index is 1.14. The Morgan fingerprint density at radius 3 is 2.39 bits per heavy atom. The monoisotopic (exact) mass is 494 g/mol. The fraction of sp³-hybridized carbons (Fsp3) is 0. The number of nitrogens with zero attached hydrogens (tertiary/aromatic N) is 4. The molecule has 0 atom stereocenters. The van der Waals surface area contributed by atoms with Crippen LogP contribution < -0.4 is 10.6 Å². The fourth-order valence-electron chi connectivity index (χ4n) is 3.93. The van der Waals surface area contributed by atoms with Gasteiger partial charge in [-0.3, -0.25) is 9.20 Å². The summed E-state index contributed by atoms with van der Waals surface area (Å²) in [7, 11) is -3.71. The van der Waals surface area contributed by atoms with Crippen molar-refractivity contribution in [1.82, 2.24) is 14.4 Å². The van der Waals surface area contributed by atoms with Crippen LogP contribution >= 0.6 is 0 Å². The van der Waals surface area contributed by atoms with Gasteiger partial charge in [0.2, 0.25) is 5.78 Å². The van der Waals surface area contributed by atoms with Gasteiger partial charge in [-0.2, -0.15) is 8.42 Å². The first kappa shape index (κ1) is 21.7. The first-order valence-electron chi connectivity index (χ1n) is 11.0. The van der Waals surface area contributed by atoms with E-state index in [1.54, 1.807) is 48.7 Å². The summed E-state index contributed by atoms with van der Waals surface area (Å²) >= 11 is 0. The lowest BCUT2D eigenvalue weighted by atomic mass is 10.1. The van der Waals surface area contributed by atoms with Gasteiger partial charge in [0.05, 0.1) is 5.69 Å². The molecule has 176 valence electrons. The number of fused-ring (bicyclic) bond motifs is 2. The number of carbonyl (C=O) groups is 1. The van der Waals surface area contributed by atoms with Crippen LogP contribution in [0.15, 0.2) is 107 Å². The van der Waals surface area contributed by atoms with Crippen molar-refractivity contribution in [2.45, 2.75) is 4.90 Å². The summed E-state index contributed by atoms with van der Waals surface area (Å²) in [6.45, 7) is 0. The van der Waals surface area contributed by atoms with E-state index < -0.39 is 10.0 Å². The maximum atomic E-state index is 12.7. The van der Waals surface area contributed by atoms with Gasteiger partial charge in [-0.15, -0.1) is 4.40 Å². The normalized spacial score (nSPS) is 13.7. The number of hydrogen-bond donors (Lipinski definition) is 2. The number of anilines is 2. The van der Waals surface area contributed by atoms with Crippen molar-refractivity contribution in [3.8, 4) is 11.3 Å². The summed E-state index contributed by atoms with van der Waals surface area (Å²) in [4.78, 5) is 21.6. The Morgan fingerprint density at radius 1 is 0.861 bits per heavy atom. The number of sulfonamides is 1. The zero-order valence-corrected chi connectivity index (χ0v) is 19.5. The number of benzene rings is 3. The third-order valence-electron chi connectivity index (χ3n) is 5.72. The lowest BCUT2D eigenvalue weighted by Crippen LogP contribution is -2.13. The van der Waals surface area contributed by atoms with Crippen molar-refractivity contribution >= 4 is 38.9 Å². The van der Waals surface area contributed by atoms with Gasteiger partial charge in [-0.25, -0.2) is 9.97 Å². The summed E-state index contributed by atoms with van der Waals surface area (Å²) in [5.41, 5.74) is 3.93. The van der Waals surface area contributed by atoms with Crippen molar-refractivity contribution in [1.29, 1.82) is 0 Å². The molecular weight excluding hydrogens is 476 g/mol. The van der Waals surface area contributed by atoms with E-state index in [2.05, 4.69) is 25.0 Å². The molecular formula is C26H18N6O3S. The maximum absolute atomic E-state index is 12.7. The molecule has 0 aliphatic carbocycles. The number of imidazole rings is 1. The van der Waals surface area contributed by atoms with E-state index in [0.29, 0.717) is 28.3 Å². The molecule has 0 bridgehead atoms. The minimum atomic E-state index is -3.71. The molecule has 2 aromatic heterocycles. The van der Waals surface area contributed by atoms with Crippen LogP contribution in [0.5, 0.6) is 0 Å². The highest BCUT2D eigenvalue weighted by atomic mass is 32.2. The van der Waals surface area contributed by atoms with Crippen LogP contribution in [-0.2, 0) is 10.0 Å². The van der Waals surface area contributed by atoms with Crippen LogP contribution in [0.25, 0.3) is 17.0 Å². The average Bonchev–Trinajstić information content (AvgIpc) is 3.44. The van der Waals surface area contributed by atoms with Crippen molar-refractivity contribution < 1.29 is 13.2 Å². The predicted octanol–water partition coefficient (Wildman–Crippen LogP) is 4.21. The molecule has 5 aromatic rings. The van der Waals surface area contributed by atoms with Gasteiger partial charge in [0.15, 0.2) is 5.84 Å². The largest absolute Gasteiger partial charge is 0.339 e. The van der Waals surface area contributed by atoms with Crippen molar-refractivity contribution in [3.63, 3.8) is 0 Å². The Morgan fingerprint density at radius 2 is 1.61 bits per heavy atom. The Kier molecular flexibility index (Phi) is 5.08. The van der Waals surface area contributed by atoms with E-state index in [0.717, 1.165) is 11.3 Å². The van der Waals surface area contributed by atoms with Gasteiger partial charge >= 0.3 is 0 Å². The third kappa shape index (κ3) is 3.99. The van der Waals surface area contributed by atoms with Crippen molar-refractivity contribution in [2.75, 3.05) is 10.6 Å².